The van der Waals surface area contributed by atoms with E-state index in [0.29, 0.717) is 6.54 Å². The van der Waals surface area contributed by atoms with E-state index in [0.717, 1.165) is 92.4 Å². The Kier molecular flexibility index (Phi) is 6.44. The molecule has 0 spiro atoms. The van der Waals surface area contributed by atoms with Crippen molar-refractivity contribution in [3.63, 3.8) is 0 Å². The number of piperazine rings is 1. The number of anilines is 1. The predicted molar refractivity (Wildman–Crippen MR) is 132 cm³/mol. The molecule has 1 N–H and O–H groups in total. The third kappa shape index (κ3) is 4.81. The number of carbonyl (C=O) groups is 1. The molecule has 0 radical (unpaired) electrons. The number of rotatable bonds is 6. The number of aromatic amines is 1. The van der Waals surface area contributed by atoms with Crippen LogP contribution in [-0.4, -0.2) is 84.7 Å². The molecular formula is C26H33N5O2. The molecule has 0 saturated carbocycles. The van der Waals surface area contributed by atoms with Crippen molar-refractivity contribution in [2.75, 3.05) is 63.9 Å². The summed E-state index contributed by atoms with van der Waals surface area (Å²) in [6, 6.07) is 12.7. The predicted octanol–water partition coefficient (Wildman–Crippen LogP) is 3.08. The standard InChI is InChI=1S/C26H33N5O2/c1-3-29-10-11-31(25(32)18-29)22-6-4-20(5-7-22)26-23-17-21(28-24(23)16-19(2)27-26)8-9-30-12-14-33-15-13-30/h4-7,16-17,28H,3,8-15,18H2,1-2H3. The van der Waals surface area contributed by atoms with Crippen molar-refractivity contribution < 1.29 is 9.53 Å². The average Bonchev–Trinajstić information content (AvgIpc) is 3.25. The molecule has 1 aromatic carbocycles. The SMILES string of the molecule is CCN1CCN(c2ccc(-c3nc(C)cc4[nH]c(CCN5CCOCC5)cc34)cc2)C(=O)C1. The van der Waals surface area contributed by atoms with Gasteiger partial charge in [-0.25, -0.2) is 0 Å². The van der Waals surface area contributed by atoms with Crippen LogP contribution in [0.25, 0.3) is 22.2 Å². The minimum Gasteiger partial charge on any atom is -0.379 e. The monoisotopic (exact) mass is 447 g/mol. The zero-order valence-electron chi connectivity index (χ0n) is 19.6. The van der Waals surface area contributed by atoms with E-state index in [2.05, 4.69) is 58.1 Å². The molecule has 0 atom stereocenters. The van der Waals surface area contributed by atoms with E-state index in [4.69, 9.17) is 9.72 Å². The van der Waals surface area contributed by atoms with E-state index in [1.165, 1.54) is 5.69 Å². The number of nitrogens with one attached hydrogen (secondary N) is 1. The fraction of sp³-hybridized carbons (Fsp3) is 0.462. The summed E-state index contributed by atoms with van der Waals surface area (Å²) >= 11 is 0. The summed E-state index contributed by atoms with van der Waals surface area (Å²) in [5.74, 6) is 0.169. The first-order valence-corrected chi connectivity index (χ1v) is 12.0. The molecule has 174 valence electrons. The van der Waals surface area contributed by atoms with E-state index in [9.17, 15) is 4.79 Å². The molecule has 2 saturated heterocycles. The van der Waals surface area contributed by atoms with Crippen LogP contribution in [-0.2, 0) is 16.0 Å². The third-order valence-electron chi connectivity index (χ3n) is 6.80. The third-order valence-corrected chi connectivity index (χ3v) is 6.80. The molecule has 4 heterocycles. The normalized spacial score (nSPS) is 18.4. The van der Waals surface area contributed by atoms with Crippen LogP contribution in [0, 0.1) is 6.92 Å². The molecule has 0 aliphatic carbocycles. The highest BCUT2D eigenvalue weighted by Gasteiger charge is 2.24. The highest BCUT2D eigenvalue weighted by atomic mass is 16.5. The van der Waals surface area contributed by atoms with Gasteiger partial charge in [-0.3, -0.25) is 19.6 Å². The number of H-pyrrole nitrogens is 1. The number of aryl methyl sites for hydroxylation is 1. The van der Waals surface area contributed by atoms with Crippen LogP contribution in [0.3, 0.4) is 0 Å². The van der Waals surface area contributed by atoms with Crippen molar-refractivity contribution in [2.24, 2.45) is 0 Å². The molecule has 1 amide bonds. The Morgan fingerprint density at radius 3 is 2.55 bits per heavy atom. The van der Waals surface area contributed by atoms with Gasteiger partial charge < -0.3 is 14.6 Å². The van der Waals surface area contributed by atoms with Crippen LogP contribution in [0.4, 0.5) is 5.69 Å². The van der Waals surface area contributed by atoms with Gasteiger partial charge in [0.15, 0.2) is 0 Å². The summed E-state index contributed by atoms with van der Waals surface area (Å²) in [4.78, 5) is 27.6. The van der Waals surface area contributed by atoms with Gasteiger partial charge in [0.1, 0.15) is 0 Å². The van der Waals surface area contributed by atoms with E-state index in [-0.39, 0.29) is 5.91 Å². The number of ether oxygens (including phenoxy) is 1. The summed E-state index contributed by atoms with van der Waals surface area (Å²) < 4.78 is 5.46. The molecule has 2 aromatic heterocycles. The van der Waals surface area contributed by atoms with Gasteiger partial charge in [-0.2, -0.15) is 0 Å². The van der Waals surface area contributed by atoms with Crippen molar-refractivity contribution in [3.05, 3.63) is 47.8 Å². The minimum atomic E-state index is 0.169. The Bertz CT molecular complexity index is 1120. The first-order chi connectivity index (χ1) is 16.1. The van der Waals surface area contributed by atoms with Gasteiger partial charge in [0.05, 0.1) is 25.5 Å². The van der Waals surface area contributed by atoms with E-state index in [1.54, 1.807) is 0 Å². The molecule has 3 aromatic rings. The number of morpholine rings is 1. The van der Waals surface area contributed by atoms with Crippen LogP contribution >= 0.6 is 0 Å². The van der Waals surface area contributed by atoms with Crippen LogP contribution in [0.15, 0.2) is 36.4 Å². The van der Waals surface area contributed by atoms with Crippen molar-refractivity contribution in [3.8, 4) is 11.3 Å². The van der Waals surface area contributed by atoms with E-state index >= 15 is 0 Å². The number of likely N-dealkylation sites (N-methyl/N-ethyl adjacent to an activating group) is 1. The van der Waals surface area contributed by atoms with Crippen LogP contribution < -0.4 is 4.90 Å². The Morgan fingerprint density at radius 2 is 1.82 bits per heavy atom. The summed E-state index contributed by atoms with van der Waals surface area (Å²) in [7, 11) is 0. The fourth-order valence-electron chi connectivity index (χ4n) is 4.84. The molecule has 2 aliphatic rings. The van der Waals surface area contributed by atoms with E-state index in [1.807, 2.05) is 11.8 Å². The Hall–Kier alpha value is -2.74. The van der Waals surface area contributed by atoms with Gasteiger partial charge in [-0.15, -0.1) is 0 Å². The van der Waals surface area contributed by atoms with Gasteiger partial charge in [-0.1, -0.05) is 19.1 Å². The van der Waals surface area contributed by atoms with E-state index < -0.39 is 0 Å². The van der Waals surface area contributed by atoms with Crippen molar-refractivity contribution in [2.45, 2.75) is 20.3 Å². The fourth-order valence-corrected chi connectivity index (χ4v) is 4.84. The first kappa shape index (κ1) is 22.1. The summed E-state index contributed by atoms with van der Waals surface area (Å²) in [5.41, 5.74) is 6.39. The van der Waals surface area contributed by atoms with Gasteiger partial charge in [0, 0.05) is 72.7 Å². The lowest BCUT2D eigenvalue weighted by Gasteiger charge is -2.33. The Morgan fingerprint density at radius 1 is 1.03 bits per heavy atom. The first-order valence-electron chi connectivity index (χ1n) is 12.0. The lowest BCUT2D eigenvalue weighted by molar-refractivity contribution is -0.121. The second-order valence-electron chi connectivity index (χ2n) is 9.03. The number of aromatic nitrogens is 2. The quantitative estimate of drug-likeness (QED) is 0.629. The summed E-state index contributed by atoms with van der Waals surface area (Å²) in [5, 5.41) is 1.15. The van der Waals surface area contributed by atoms with Crippen LogP contribution in [0.1, 0.15) is 18.3 Å². The molecule has 5 rings (SSSR count). The maximum absolute atomic E-state index is 12.6. The summed E-state index contributed by atoms with van der Waals surface area (Å²) in [6.07, 6.45) is 0.984. The minimum absolute atomic E-state index is 0.169. The smallest absolute Gasteiger partial charge is 0.241 e. The molecule has 7 nitrogen and oxygen atoms in total. The lowest BCUT2D eigenvalue weighted by atomic mass is 10.1. The number of pyridine rings is 1. The molecule has 7 heteroatoms. The maximum atomic E-state index is 12.6. The number of amides is 1. The second kappa shape index (κ2) is 9.63. The topological polar surface area (TPSA) is 64.7 Å². The van der Waals surface area contributed by atoms with Crippen molar-refractivity contribution in [1.82, 2.24) is 19.8 Å². The second-order valence-corrected chi connectivity index (χ2v) is 9.03. The highest BCUT2D eigenvalue weighted by Crippen LogP contribution is 2.30. The summed E-state index contributed by atoms with van der Waals surface area (Å²) in [6.45, 7) is 11.9. The number of benzene rings is 1. The number of hydrogen-bond acceptors (Lipinski definition) is 5. The number of nitrogens with zero attached hydrogens (tertiary/aromatic N) is 4. The number of fused-ring (bicyclic) bond motifs is 1. The van der Waals surface area contributed by atoms with Crippen molar-refractivity contribution >= 4 is 22.5 Å². The molecule has 0 unspecified atom stereocenters. The Balaban J connectivity index is 1.36. The zero-order chi connectivity index (χ0) is 22.8. The molecule has 33 heavy (non-hydrogen) atoms. The molecule has 0 bridgehead atoms. The largest absolute Gasteiger partial charge is 0.379 e. The maximum Gasteiger partial charge on any atom is 0.241 e. The molecule has 2 fully saturated rings. The van der Waals surface area contributed by atoms with Crippen molar-refractivity contribution in [1.29, 1.82) is 0 Å². The number of hydrogen-bond donors (Lipinski definition) is 1. The Labute approximate surface area is 195 Å². The molecule has 2 aliphatic heterocycles. The highest BCUT2D eigenvalue weighted by molar-refractivity contribution is 5.97. The number of carbonyl (C=O) groups excluding carboxylic acids is 1. The van der Waals surface area contributed by atoms with Gasteiger partial charge in [0.25, 0.3) is 0 Å². The lowest BCUT2D eigenvalue weighted by Crippen LogP contribution is -2.50. The van der Waals surface area contributed by atoms with Crippen LogP contribution in [0.2, 0.25) is 0 Å². The average molecular weight is 448 g/mol. The zero-order valence-corrected chi connectivity index (χ0v) is 19.6. The van der Waals surface area contributed by atoms with Crippen LogP contribution in [0.5, 0.6) is 0 Å². The molecular weight excluding hydrogens is 414 g/mol. The van der Waals surface area contributed by atoms with Gasteiger partial charge in [0.2, 0.25) is 5.91 Å². The van der Waals surface area contributed by atoms with Gasteiger partial charge >= 0.3 is 0 Å². The van der Waals surface area contributed by atoms with Gasteiger partial charge in [-0.05, 0) is 37.7 Å².